The Bertz CT molecular complexity index is 155. The molecule has 4 heteroatoms. The van der Waals surface area contributed by atoms with Crippen LogP contribution in [0.25, 0.3) is 0 Å². The molecule has 12 heavy (non-hydrogen) atoms. The quantitative estimate of drug-likeness (QED) is 0.710. The summed E-state index contributed by atoms with van der Waals surface area (Å²) in [6, 6.07) is 0. The van der Waals surface area contributed by atoms with Crippen LogP contribution in [0.2, 0.25) is 0 Å². The normalized spacial score (nSPS) is 31.8. The van der Waals surface area contributed by atoms with Crippen molar-refractivity contribution < 1.29 is 18.3 Å². The van der Waals surface area contributed by atoms with Gasteiger partial charge in [-0.2, -0.15) is 13.2 Å². The predicted molar refractivity (Wildman–Crippen MR) is 38.6 cm³/mol. The molecule has 1 N–H and O–H groups in total. The summed E-state index contributed by atoms with van der Waals surface area (Å²) in [4.78, 5) is 0. The largest absolute Gasteiger partial charge is 0.393 e. The van der Waals surface area contributed by atoms with E-state index >= 15 is 0 Å². The van der Waals surface area contributed by atoms with Gasteiger partial charge in [-0.3, -0.25) is 0 Å². The van der Waals surface area contributed by atoms with Crippen LogP contribution in [0.15, 0.2) is 0 Å². The van der Waals surface area contributed by atoms with E-state index in [1.165, 1.54) is 0 Å². The Morgan fingerprint density at radius 1 is 1.50 bits per heavy atom. The second-order valence-electron chi connectivity index (χ2n) is 3.60. The van der Waals surface area contributed by atoms with Crippen LogP contribution >= 0.6 is 0 Å². The van der Waals surface area contributed by atoms with Gasteiger partial charge in [0.15, 0.2) is 0 Å². The zero-order chi connectivity index (χ0) is 9.35. The maximum atomic E-state index is 11.7. The van der Waals surface area contributed by atoms with Crippen LogP contribution in [0.5, 0.6) is 0 Å². The molecule has 0 bridgehead atoms. The molecule has 1 aliphatic carbocycles. The number of aliphatic hydroxyl groups excluding tert-OH is 1. The minimum Gasteiger partial charge on any atom is -0.393 e. The van der Waals surface area contributed by atoms with Crippen molar-refractivity contribution in [2.75, 3.05) is 0 Å². The van der Waals surface area contributed by atoms with E-state index in [0.717, 1.165) is 6.42 Å². The van der Waals surface area contributed by atoms with Crippen molar-refractivity contribution in [3.05, 3.63) is 0 Å². The fourth-order valence-corrected chi connectivity index (χ4v) is 1.41. The highest BCUT2D eigenvalue weighted by Gasteiger charge is 2.40. The van der Waals surface area contributed by atoms with Crippen molar-refractivity contribution in [1.82, 2.24) is 0 Å². The lowest BCUT2D eigenvalue weighted by Gasteiger charge is -2.11. The van der Waals surface area contributed by atoms with Gasteiger partial charge < -0.3 is 5.11 Å². The first kappa shape index (κ1) is 9.84. The maximum absolute atomic E-state index is 11.7. The molecule has 0 heterocycles. The Labute approximate surface area is 69.6 Å². The van der Waals surface area contributed by atoms with E-state index in [2.05, 4.69) is 0 Å². The van der Waals surface area contributed by atoms with E-state index in [1.807, 2.05) is 6.92 Å². The van der Waals surface area contributed by atoms with Gasteiger partial charge in [0.2, 0.25) is 0 Å². The lowest BCUT2D eigenvalue weighted by Crippen LogP contribution is -2.16. The lowest BCUT2D eigenvalue weighted by atomic mass is 10.1. The molecule has 3 unspecified atom stereocenters. The Morgan fingerprint density at radius 3 is 2.33 bits per heavy atom. The van der Waals surface area contributed by atoms with Gasteiger partial charge in [0.05, 0.1) is 6.10 Å². The van der Waals surface area contributed by atoms with E-state index in [1.54, 1.807) is 0 Å². The minimum absolute atomic E-state index is 0.118. The fraction of sp³-hybridized carbons (Fsp3) is 1.00. The predicted octanol–water partition coefficient (Wildman–Crippen LogP) is 2.35. The van der Waals surface area contributed by atoms with Crippen molar-refractivity contribution in [3.63, 3.8) is 0 Å². The van der Waals surface area contributed by atoms with Crippen molar-refractivity contribution in [2.45, 2.75) is 38.5 Å². The van der Waals surface area contributed by atoms with E-state index in [0.29, 0.717) is 5.92 Å². The molecule has 0 amide bonds. The molecule has 0 saturated heterocycles. The van der Waals surface area contributed by atoms with Crippen molar-refractivity contribution in [3.8, 4) is 0 Å². The first-order valence-corrected chi connectivity index (χ1v) is 4.15. The second kappa shape index (κ2) is 3.24. The average Bonchev–Trinajstić information content (AvgIpc) is 2.60. The third-order valence-corrected chi connectivity index (χ3v) is 2.39. The van der Waals surface area contributed by atoms with Crippen molar-refractivity contribution >= 4 is 0 Å². The molecule has 1 fully saturated rings. The smallest absolute Gasteiger partial charge is 0.389 e. The second-order valence-corrected chi connectivity index (χ2v) is 3.60. The van der Waals surface area contributed by atoms with E-state index < -0.39 is 18.7 Å². The van der Waals surface area contributed by atoms with Crippen LogP contribution in [-0.2, 0) is 0 Å². The number of halogens is 3. The van der Waals surface area contributed by atoms with Gasteiger partial charge >= 0.3 is 6.18 Å². The van der Waals surface area contributed by atoms with E-state index in [9.17, 15) is 18.3 Å². The third kappa shape index (κ3) is 3.01. The van der Waals surface area contributed by atoms with Crippen LogP contribution in [0, 0.1) is 11.8 Å². The lowest BCUT2D eigenvalue weighted by molar-refractivity contribution is -0.140. The minimum atomic E-state index is -4.13. The highest BCUT2D eigenvalue weighted by molar-refractivity contribution is 4.88. The number of hydrogen-bond acceptors (Lipinski definition) is 1. The summed E-state index contributed by atoms with van der Waals surface area (Å²) in [6.45, 7) is 1.95. The molecular weight excluding hydrogens is 169 g/mol. The number of aliphatic hydroxyl groups is 1. The molecule has 0 radical (unpaired) electrons. The molecule has 0 aromatic rings. The molecule has 1 aliphatic rings. The standard InChI is InChI=1S/C8H13F3O/c1-5-4-6(5)7(12)2-3-8(9,10)11/h5-7,12H,2-4H2,1H3. The average molecular weight is 182 g/mol. The molecule has 3 atom stereocenters. The highest BCUT2D eigenvalue weighted by Crippen LogP contribution is 2.42. The highest BCUT2D eigenvalue weighted by atomic mass is 19.4. The summed E-state index contributed by atoms with van der Waals surface area (Å²) < 4.78 is 35.1. The van der Waals surface area contributed by atoms with Gasteiger partial charge in [-0.25, -0.2) is 0 Å². The summed E-state index contributed by atoms with van der Waals surface area (Å²) in [5, 5.41) is 9.22. The monoisotopic (exact) mass is 182 g/mol. The molecule has 1 saturated carbocycles. The Balaban J connectivity index is 2.15. The Morgan fingerprint density at radius 2 is 2.00 bits per heavy atom. The van der Waals surface area contributed by atoms with Crippen LogP contribution < -0.4 is 0 Å². The molecule has 0 spiro atoms. The Hall–Kier alpha value is -0.250. The molecule has 72 valence electrons. The molecule has 1 rings (SSSR count). The van der Waals surface area contributed by atoms with E-state index in [4.69, 9.17) is 0 Å². The number of rotatable bonds is 3. The summed E-state index contributed by atoms with van der Waals surface area (Å²) in [6.07, 6.45) is -5.00. The molecular formula is C8H13F3O. The van der Waals surface area contributed by atoms with Crippen molar-refractivity contribution in [2.24, 2.45) is 11.8 Å². The summed E-state index contributed by atoms with van der Waals surface area (Å²) in [5.74, 6) is 0.528. The van der Waals surface area contributed by atoms with Gasteiger partial charge in [-0.05, 0) is 24.7 Å². The molecule has 0 aliphatic heterocycles. The maximum Gasteiger partial charge on any atom is 0.389 e. The van der Waals surface area contributed by atoms with Crippen LogP contribution in [-0.4, -0.2) is 17.4 Å². The molecule has 0 aromatic heterocycles. The fourth-order valence-electron chi connectivity index (χ4n) is 1.41. The van der Waals surface area contributed by atoms with E-state index in [-0.39, 0.29) is 12.3 Å². The van der Waals surface area contributed by atoms with Gasteiger partial charge in [-0.15, -0.1) is 0 Å². The molecule has 1 nitrogen and oxygen atoms in total. The summed E-state index contributed by atoms with van der Waals surface area (Å²) in [7, 11) is 0. The van der Waals surface area contributed by atoms with Crippen LogP contribution in [0.3, 0.4) is 0 Å². The zero-order valence-electron chi connectivity index (χ0n) is 6.93. The zero-order valence-corrected chi connectivity index (χ0v) is 6.93. The third-order valence-electron chi connectivity index (χ3n) is 2.39. The first-order valence-electron chi connectivity index (χ1n) is 4.15. The summed E-state index contributed by atoms with van der Waals surface area (Å²) in [5.41, 5.74) is 0. The molecule has 0 aromatic carbocycles. The van der Waals surface area contributed by atoms with Gasteiger partial charge in [0.25, 0.3) is 0 Å². The van der Waals surface area contributed by atoms with Gasteiger partial charge in [0.1, 0.15) is 0 Å². The number of alkyl halides is 3. The number of hydrogen-bond donors (Lipinski definition) is 1. The SMILES string of the molecule is CC1CC1C(O)CCC(F)(F)F. The van der Waals surface area contributed by atoms with Gasteiger partial charge in [-0.1, -0.05) is 6.92 Å². The van der Waals surface area contributed by atoms with Crippen molar-refractivity contribution in [1.29, 1.82) is 0 Å². The van der Waals surface area contributed by atoms with Gasteiger partial charge in [0, 0.05) is 6.42 Å². The van der Waals surface area contributed by atoms with Crippen LogP contribution in [0.4, 0.5) is 13.2 Å². The first-order chi connectivity index (χ1) is 5.40. The Kier molecular flexibility index (Phi) is 2.66. The summed E-state index contributed by atoms with van der Waals surface area (Å²) >= 11 is 0. The van der Waals surface area contributed by atoms with Crippen LogP contribution in [0.1, 0.15) is 26.2 Å². The topological polar surface area (TPSA) is 20.2 Å².